The van der Waals surface area contributed by atoms with Gasteiger partial charge in [-0.05, 0) is 47.9 Å². The third-order valence-corrected chi connectivity index (χ3v) is 5.44. The number of nitrogens with zero attached hydrogens (tertiary/aromatic N) is 7. The van der Waals surface area contributed by atoms with Crippen molar-refractivity contribution >= 4 is 28.5 Å². The Bertz CT molecular complexity index is 1430. The predicted octanol–water partition coefficient (Wildman–Crippen LogP) is 4.69. The van der Waals surface area contributed by atoms with Crippen molar-refractivity contribution in [2.24, 2.45) is 7.05 Å². The first-order valence-electron chi connectivity index (χ1n) is 11.1. The molecule has 0 aliphatic carbocycles. The van der Waals surface area contributed by atoms with E-state index in [0.29, 0.717) is 24.1 Å². The molecule has 2 N–H and O–H groups in total. The van der Waals surface area contributed by atoms with Crippen LogP contribution >= 0.6 is 0 Å². The number of hydrogen-bond acceptors (Lipinski definition) is 8. The average Bonchev–Trinajstić information content (AvgIpc) is 3.23. The molecule has 9 nitrogen and oxygen atoms in total. The molecular formula is C25H25N9. The molecule has 5 heterocycles. The first kappa shape index (κ1) is 21.4. The van der Waals surface area contributed by atoms with Crippen LogP contribution in [0.4, 0.5) is 17.5 Å². The normalized spacial score (nSPS) is 11.2. The number of nitrogens with one attached hydrogen (secondary N) is 2. The monoisotopic (exact) mass is 451 g/mol. The fourth-order valence-corrected chi connectivity index (χ4v) is 3.62. The Morgan fingerprint density at radius 3 is 2.71 bits per heavy atom. The first-order valence-corrected chi connectivity index (χ1v) is 11.1. The van der Waals surface area contributed by atoms with Gasteiger partial charge in [-0.15, -0.1) is 5.10 Å². The summed E-state index contributed by atoms with van der Waals surface area (Å²) >= 11 is 0. The third-order valence-electron chi connectivity index (χ3n) is 5.44. The average molecular weight is 452 g/mol. The number of anilines is 3. The summed E-state index contributed by atoms with van der Waals surface area (Å²) in [5.74, 6) is 2.48. The molecule has 0 spiro atoms. The summed E-state index contributed by atoms with van der Waals surface area (Å²) in [6.07, 6.45) is 7.38. The standard InChI is InChI=1S/C25H25N9/c1-16(2)17-11-24(32-29-13-17)31-23-8-7-21-22(30-23)10-18(12-27-21)20-15-34(3)33-25(20)28-14-19-6-4-5-9-26-19/h4-13,15-16H,14H2,1-3H3,(H,28,33)(H,30,31,32). The van der Waals surface area contributed by atoms with Crippen molar-refractivity contribution in [3.05, 3.63) is 78.5 Å². The van der Waals surface area contributed by atoms with Crippen LogP contribution in [0.2, 0.25) is 0 Å². The maximum atomic E-state index is 4.76. The van der Waals surface area contributed by atoms with Gasteiger partial charge in [-0.3, -0.25) is 14.6 Å². The minimum atomic E-state index is 0.368. The van der Waals surface area contributed by atoms with Crippen LogP contribution in [0.15, 0.2) is 67.3 Å². The van der Waals surface area contributed by atoms with Gasteiger partial charge in [-0.25, -0.2) is 4.98 Å². The van der Waals surface area contributed by atoms with Crippen LogP contribution in [-0.2, 0) is 13.6 Å². The highest BCUT2D eigenvalue weighted by Crippen LogP contribution is 2.29. The van der Waals surface area contributed by atoms with Crippen molar-refractivity contribution in [3.63, 3.8) is 0 Å². The third kappa shape index (κ3) is 4.68. The molecule has 0 unspecified atom stereocenters. The van der Waals surface area contributed by atoms with Gasteiger partial charge in [-0.2, -0.15) is 10.2 Å². The Morgan fingerprint density at radius 1 is 0.971 bits per heavy atom. The molecule has 0 aromatic carbocycles. The number of aryl methyl sites for hydroxylation is 1. The number of pyridine rings is 3. The van der Waals surface area contributed by atoms with E-state index in [2.05, 4.69) is 49.7 Å². The van der Waals surface area contributed by atoms with Gasteiger partial charge in [0.25, 0.3) is 0 Å². The highest BCUT2D eigenvalue weighted by molar-refractivity contribution is 5.84. The highest BCUT2D eigenvalue weighted by Gasteiger charge is 2.12. The summed E-state index contributed by atoms with van der Waals surface area (Å²) in [7, 11) is 1.90. The lowest BCUT2D eigenvalue weighted by atomic mass is 10.1. The summed E-state index contributed by atoms with van der Waals surface area (Å²) in [6, 6.07) is 13.7. The second kappa shape index (κ2) is 9.22. The van der Waals surface area contributed by atoms with Crippen molar-refractivity contribution in [1.82, 2.24) is 34.9 Å². The van der Waals surface area contributed by atoms with E-state index in [4.69, 9.17) is 4.98 Å². The van der Waals surface area contributed by atoms with E-state index in [-0.39, 0.29) is 0 Å². The molecule has 0 amide bonds. The molecule has 0 fully saturated rings. The lowest BCUT2D eigenvalue weighted by molar-refractivity contribution is 0.768. The Balaban J connectivity index is 1.42. The summed E-state index contributed by atoms with van der Waals surface area (Å²) in [5, 5.41) is 19.5. The van der Waals surface area contributed by atoms with E-state index in [0.717, 1.165) is 39.2 Å². The molecule has 9 heteroatoms. The van der Waals surface area contributed by atoms with Crippen molar-refractivity contribution in [3.8, 4) is 11.1 Å². The van der Waals surface area contributed by atoms with Crippen LogP contribution in [0, 0.1) is 0 Å². The van der Waals surface area contributed by atoms with Gasteiger partial charge in [0, 0.05) is 36.8 Å². The van der Waals surface area contributed by atoms with Gasteiger partial charge in [0.1, 0.15) is 5.82 Å². The second-order valence-electron chi connectivity index (χ2n) is 8.35. The molecule has 0 bridgehead atoms. The zero-order valence-corrected chi connectivity index (χ0v) is 19.3. The molecule has 0 saturated carbocycles. The highest BCUT2D eigenvalue weighted by atomic mass is 15.3. The molecule has 34 heavy (non-hydrogen) atoms. The van der Waals surface area contributed by atoms with E-state index < -0.39 is 0 Å². The van der Waals surface area contributed by atoms with Crippen LogP contribution in [0.5, 0.6) is 0 Å². The van der Waals surface area contributed by atoms with E-state index in [9.17, 15) is 0 Å². The van der Waals surface area contributed by atoms with Crippen molar-refractivity contribution in [2.45, 2.75) is 26.3 Å². The molecule has 0 saturated heterocycles. The summed E-state index contributed by atoms with van der Waals surface area (Å²) in [4.78, 5) is 13.7. The van der Waals surface area contributed by atoms with Crippen LogP contribution < -0.4 is 10.6 Å². The van der Waals surface area contributed by atoms with Crippen LogP contribution in [0.25, 0.3) is 22.2 Å². The minimum Gasteiger partial charge on any atom is -0.362 e. The van der Waals surface area contributed by atoms with Crippen molar-refractivity contribution < 1.29 is 0 Å². The second-order valence-corrected chi connectivity index (χ2v) is 8.35. The molecule has 5 aromatic heterocycles. The van der Waals surface area contributed by atoms with Crippen LogP contribution in [0.3, 0.4) is 0 Å². The predicted molar refractivity (Wildman–Crippen MR) is 133 cm³/mol. The van der Waals surface area contributed by atoms with Gasteiger partial charge in [0.15, 0.2) is 11.6 Å². The molecule has 170 valence electrons. The molecule has 5 rings (SSSR count). The quantitative estimate of drug-likeness (QED) is 0.367. The molecular weight excluding hydrogens is 426 g/mol. The number of fused-ring (bicyclic) bond motifs is 1. The topological polar surface area (TPSA) is 106 Å². The Labute approximate surface area is 197 Å². The van der Waals surface area contributed by atoms with Crippen LogP contribution in [-0.4, -0.2) is 34.9 Å². The van der Waals surface area contributed by atoms with Gasteiger partial charge in [0.2, 0.25) is 0 Å². The van der Waals surface area contributed by atoms with Crippen LogP contribution in [0.1, 0.15) is 31.0 Å². The maximum absolute atomic E-state index is 4.76. The van der Waals surface area contributed by atoms with E-state index >= 15 is 0 Å². The maximum Gasteiger partial charge on any atom is 0.156 e. The summed E-state index contributed by atoms with van der Waals surface area (Å²) in [5.41, 5.74) is 5.51. The summed E-state index contributed by atoms with van der Waals surface area (Å²) < 4.78 is 1.78. The first-order chi connectivity index (χ1) is 16.5. The number of rotatable bonds is 7. The van der Waals surface area contributed by atoms with E-state index in [1.807, 2.05) is 61.9 Å². The van der Waals surface area contributed by atoms with Gasteiger partial charge in [0.05, 0.1) is 29.5 Å². The zero-order chi connectivity index (χ0) is 23.5. The fourth-order valence-electron chi connectivity index (χ4n) is 3.62. The van der Waals surface area contributed by atoms with Crippen molar-refractivity contribution in [1.29, 1.82) is 0 Å². The molecule has 0 aliphatic rings. The van der Waals surface area contributed by atoms with Gasteiger partial charge in [-0.1, -0.05) is 19.9 Å². The smallest absolute Gasteiger partial charge is 0.156 e. The zero-order valence-electron chi connectivity index (χ0n) is 19.3. The van der Waals surface area contributed by atoms with Gasteiger partial charge < -0.3 is 10.6 Å². The Morgan fingerprint density at radius 2 is 1.88 bits per heavy atom. The number of hydrogen-bond donors (Lipinski definition) is 2. The SMILES string of the molecule is CC(C)c1cnnc(Nc2ccc3ncc(-c4cn(C)nc4NCc4ccccn4)cc3n2)c1. The minimum absolute atomic E-state index is 0.368. The van der Waals surface area contributed by atoms with Crippen molar-refractivity contribution in [2.75, 3.05) is 10.6 Å². The summed E-state index contributed by atoms with van der Waals surface area (Å²) in [6.45, 7) is 4.83. The molecule has 5 aromatic rings. The fraction of sp³-hybridized carbons (Fsp3) is 0.200. The lowest BCUT2D eigenvalue weighted by Gasteiger charge is -2.09. The molecule has 0 aliphatic heterocycles. The molecule has 0 atom stereocenters. The molecule has 0 radical (unpaired) electrons. The van der Waals surface area contributed by atoms with E-state index in [1.165, 1.54) is 0 Å². The Kier molecular flexibility index (Phi) is 5.82. The largest absolute Gasteiger partial charge is 0.362 e. The van der Waals surface area contributed by atoms with Gasteiger partial charge >= 0.3 is 0 Å². The number of aromatic nitrogens is 7. The Hall–Kier alpha value is -4.40. The lowest BCUT2D eigenvalue weighted by Crippen LogP contribution is -2.03. The van der Waals surface area contributed by atoms with E-state index in [1.54, 1.807) is 17.1 Å².